The molecule has 0 spiro atoms. The molecule has 3 unspecified atom stereocenters. The maximum Gasteiger partial charge on any atom is 0.326 e. The minimum absolute atomic E-state index is 0.0534. The summed E-state index contributed by atoms with van der Waals surface area (Å²) >= 11 is 0. The molecule has 0 aliphatic heterocycles. The Morgan fingerprint density at radius 3 is 2.44 bits per heavy atom. The van der Waals surface area contributed by atoms with Crippen LogP contribution in [0.25, 0.3) is 0 Å². The number of carboxylic acid groups (broad SMARTS) is 1. The van der Waals surface area contributed by atoms with Gasteiger partial charge in [-0.05, 0) is 32.7 Å². The lowest BCUT2D eigenvalue weighted by Gasteiger charge is -2.22. The molecule has 0 bridgehead atoms. The first-order chi connectivity index (χ1) is 11.8. The van der Waals surface area contributed by atoms with Crippen LogP contribution in [0.4, 0.5) is 0 Å². The molecule has 3 atom stereocenters. The summed E-state index contributed by atoms with van der Waals surface area (Å²) in [5, 5.41) is 14.3. The third kappa shape index (κ3) is 7.31. The van der Waals surface area contributed by atoms with Crippen molar-refractivity contribution in [2.45, 2.75) is 50.7 Å². The van der Waals surface area contributed by atoms with Crippen molar-refractivity contribution < 1.29 is 19.5 Å². The Balaban J connectivity index is 2.74. The van der Waals surface area contributed by atoms with Gasteiger partial charge in [-0.25, -0.2) is 9.78 Å². The van der Waals surface area contributed by atoms with Crippen molar-refractivity contribution >= 4 is 17.8 Å². The van der Waals surface area contributed by atoms with E-state index in [9.17, 15) is 19.5 Å². The van der Waals surface area contributed by atoms with Gasteiger partial charge in [-0.2, -0.15) is 0 Å². The van der Waals surface area contributed by atoms with Crippen molar-refractivity contribution in [1.82, 2.24) is 20.6 Å². The van der Waals surface area contributed by atoms with Gasteiger partial charge in [0.1, 0.15) is 12.1 Å². The lowest BCUT2D eigenvalue weighted by molar-refractivity contribution is -0.142. The van der Waals surface area contributed by atoms with Crippen LogP contribution in [-0.4, -0.2) is 57.5 Å². The Kier molecular flexibility index (Phi) is 8.57. The molecule has 1 aromatic rings. The van der Waals surface area contributed by atoms with Crippen LogP contribution >= 0.6 is 0 Å². The van der Waals surface area contributed by atoms with Crippen LogP contribution in [0.2, 0.25) is 0 Å². The molecule has 1 rings (SSSR count). The minimum atomic E-state index is -1.18. The predicted octanol–water partition coefficient (Wildman–Crippen LogP) is -1.52. The van der Waals surface area contributed by atoms with E-state index in [2.05, 4.69) is 20.6 Å². The summed E-state index contributed by atoms with van der Waals surface area (Å²) in [5.41, 5.74) is 11.5. The van der Waals surface area contributed by atoms with Crippen LogP contribution in [0.5, 0.6) is 0 Å². The molecule has 8 N–H and O–H groups in total. The largest absolute Gasteiger partial charge is 0.480 e. The quantitative estimate of drug-likeness (QED) is 0.261. The fraction of sp³-hybridized carbons (Fsp3) is 0.600. The van der Waals surface area contributed by atoms with E-state index in [1.807, 2.05) is 0 Å². The molecule has 140 valence electrons. The number of aromatic nitrogens is 2. The third-order valence-electron chi connectivity index (χ3n) is 3.59. The summed E-state index contributed by atoms with van der Waals surface area (Å²) in [6.07, 6.45) is 4.61. The molecule has 10 nitrogen and oxygen atoms in total. The van der Waals surface area contributed by atoms with Gasteiger partial charge < -0.3 is 32.2 Å². The maximum absolute atomic E-state index is 12.5. The van der Waals surface area contributed by atoms with Crippen molar-refractivity contribution in [3.05, 3.63) is 18.2 Å². The van der Waals surface area contributed by atoms with E-state index in [0.29, 0.717) is 31.5 Å². The normalized spacial score (nSPS) is 14.4. The number of unbranched alkanes of at least 4 members (excludes halogenated alkanes) is 1. The van der Waals surface area contributed by atoms with Crippen LogP contribution < -0.4 is 22.1 Å². The maximum atomic E-state index is 12.5. The molecular weight excluding hydrogens is 328 g/mol. The van der Waals surface area contributed by atoms with E-state index in [1.165, 1.54) is 19.4 Å². The van der Waals surface area contributed by atoms with Crippen molar-refractivity contribution in [1.29, 1.82) is 0 Å². The van der Waals surface area contributed by atoms with Crippen molar-refractivity contribution in [3.8, 4) is 0 Å². The molecule has 0 aliphatic rings. The van der Waals surface area contributed by atoms with Crippen LogP contribution in [-0.2, 0) is 20.8 Å². The number of H-pyrrole nitrogens is 1. The van der Waals surface area contributed by atoms with Crippen LogP contribution in [0.1, 0.15) is 31.9 Å². The molecule has 0 saturated heterocycles. The Hall–Kier alpha value is -2.46. The highest BCUT2D eigenvalue weighted by atomic mass is 16.4. The number of nitrogens with one attached hydrogen (secondary N) is 3. The van der Waals surface area contributed by atoms with Crippen molar-refractivity contribution in [2.75, 3.05) is 6.54 Å². The number of aromatic amines is 1. The lowest BCUT2D eigenvalue weighted by atomic mass is 10.1. The zero-order chi connectivity index (χ0) is 18.8. The van der Waals surface area contributed by atoms with E-state index >= 15 is 0 Å². The summed E-state index contributed by atoms with van der Waals surface area (Å²) in [4.78, 5) is 42.3. The molecular formula is C15H26N6O4. The van der Waals surface area contributed by atoms with Crippen molar-refractivity contribution in [2.24, 2.45) is 11.5 Å². The number of carbonyl (C=O) groups is 3. The van der Waals surface area contributed by atoms with Gasteiger partial charge >= 0.3 is 5.97 Å². The highest BCUT2D eigenvalue weighted by Gasteiger charge is 2.27. The molecule has 0 saturated carbocycles. The molecule has 0 fully saturated rings. The van der Waals surface area contributed by atoms with Crippen molar-refractivity contribution in [3.63, 3.8) is 0 Å². The summed E-state index contributed by atoms with van der Waals surface area (Å²) in [5.74, 6) is -2.23. The van der Waals surface area contributed by atoms with Crippen LogP contribution in [0.15, 0.2) is 12.5 Å². The van der Waals surface area contributed by atoms with E-state index in [4.69, 9.17) is 11.5 Å². The second-order valence-corrected chi connectivity index (χ2v) is 5.81. The Morgan fingerprint density at radius 1 is 1.24 bits per heavy atom. The zero-order valence-electron chi connectivity index (χ0n) is 14.2. The molecule has 1 aromatic heterocycles. The number of hydrogen-bond acceptors (Lipinski definition) is 6. The van der Waals surface area contributed by atoms with E-state index in [1.54, 1.807) is 0 Å². The smallest absolute Gasteiger partial charge is 0.326 e. The summed E-state index contributed by atoms with van der Waals surface area (Å²) in [6.45, 7) is 1.97. The second kappa shape index (κ2) is 10.4. The number of hydrogen-bond donors (Lipinski definition) is 6. The third-order valence-corrected chi connectivity index (χ3v) is 3.59. The average molecular weight is 354 g/mol. The first-order valence-corrected chi connectivity index (χ1v) is 8.11. The minimum Gasteiger partial charge on any atom is -0.480 e. The Bertz CT molecular complexity index is 560. The van der Waals surface area contributed by atoms with E-state index < -0.39 is 35.9 Å². The van der Waals surface area contributed by atoms with Crippen LogP contribution in [0, 0.1) is 0 Å². The molecule has 0 aromatic carbocycles. The molecule has 25 heavy (non-hydrogen) atoms. The highest BCUT2D eigenvalue weighted by Crippen LogP contribution is 2.04. The first kappa shape index (κ1) is 20.6. The Labute approximate surface area is 145 Å². The average Bonchev–Trinajstić information content (AvgIpc) is 3.06. The molecule has 0 aliphatic carbocycles. The van der Waals surface area contributed by atoms with Gasteiger partial charge in [0.25, 0.3) is 0 Å². The summed E-state index contributed by atoms with van der Waals surface area (Å²) in [7, 11) is 0. The predicted molar refractivity (Wildman–Crippen MR) is 90.3 cm³/mol. The lowest BCUT2D eigenvalue weighted by Crippen LogP contribution is -2.54. The molecule has 2 amide bonds. The number of carbonyl (C=O) groups excluding carboxylic acids is 2. The topological polar surface area (TPSA) is 176 Å². The first-order valence-electron chi connectivity index (χ1n) is 8.11. The SMILES string of the molecule is CC(N)C(=O)NC(CCCCN)C(=O)NC(Cc1cnc[nH]1)C(=O)O. The number of imidazole rings is 1. The number of amides is 2. The van der Waals surface area contributed by atoms with Gasteiger partial charge in [0.2, 0.25) is 11.8 Å². The van der Waals surface area contributed by atoms with E-state index in [-0.39, 0.29) is 6.42 Å². The summed E-state index contributed by atoms with van der Waals surface area (Å²) < 4.78 is 0. The second-order valence-electron chi connectivity index (χ2n) is 5.81. The molecule has 0 radical (unpaired) electrons. The molecule has 10 heteroatoms. The number of rotatable bonds is 11. The zero-order valence-corrected chi connectivity index (χ0v) is 14.2. The fourth-order valence-corrected chi connectivity index (χ4v) is 2.15. The number of nitrogens with two attached hydrogens (primary N) is 2. The monoisotopic (exact) mass is 354 g/mol. The fourth-order valence-electron chi connectivity index (χ4n) is 2.15. The van der Waals surface area contributed by atoms with Gasteiger partial charge in [-0.3, -0.25) is 9.59 Å². The molecule has 1 heterocycles. The highest BCUT2D eigenvalue weighted by molar-refractivity contribution is 5.91. The number of nitrogens with zero attached hydrogens (tertiary/aromatic N) is 1. The number of aliphatic carboxylic acids is 1. The van der Waals surface area contributed by atoms with Gasteiger partial charge in [-0.1, -0.05) is 0 Å². The summed E-state index contributed by atoms with van der Waals surface area (Å²) in [6, 6.07) is -2.78. The Morgan fingerprint density at radius 2 is 1.92 bits per heavy atom. The van der Waals surface area contributed by atoms with Gasteiger partial charge in [-0.15, -0.1) is 0 Å². The van der Waals surface area contributed by atoms with Gasteiger partial charge in [0.15, 0.2) is 0 Å². The van der Waals surface area contributed by atoms with Gasteiger partial charge in [0, 0.05) is 18.3 Å². The standard InChI is InChI=1S/C15H26N6O4/c1-9(17)13(22)20-11(4-2-3-5-16)14(23)21-12(15(24)25)6-10-7-18-8-19-10/h7-9,11-12H,2-6,16-17H2,1H3,(H,18,19)(H,20,22)(H,21,23)(H,24,25). The van der Waals surface area contributed by atoms with Crippen LogP contribution in [0.3, 0.4) is 0 Å². The number of carboxylic acids is 1. The van der Waals surface area contributed by atoms with E-state index in [0.717, 1.165) is 0 Å². The van der Waals surface area contributed by atoms with Gasteiger partial charge in [0.05, 0.1) is 12.4 Å².